The fourth-order valence-corrected chi connectivity index (χ4v) is 1.98. The summed E-state index contributed by atoms with van der Waals surface area (Å²) in [5.41, 5.74) is -6.07. The van der Waals surface area contributed by atoms with Crippen molar-refractivity contribution in [3.05, 3.63) is 0 Å². The van der Waals surface area contributed by atoms with Gasteiger partial charge in [0, 0.05) is 0 Å². The molecule has 0 aliphatic carbocycles. The zero-order chi connectivity index (χ0) is 25.2. The molecule has 31 heavy (non-hydrogen) atoms. The Balaban J connectivity index is 0. The van der Waals surface area contributed by atoms with Gasteiger partial charge in [-0.15, -0.1) is 0 Å². The van der Waals surface area contributed by atoms with Crippen molar-refractivity contribution >= 4 is 10.1 Å². The van der Waals surface area contributed by atoms with Gasteiger partial charge in [-0.25, -0.2) is 21.6 Å². The molecular weight excluding hydrogens is 550 g/mol. The summed E-state index contributed by atoms with van der Waals surface area (Å²) in [7, 11) is -7.43. The van der Waals surface area contributed by atoms with Crippen LogP contribution in [0.3, 0.4) is 0 Å². The molecule has 1 unspecified atom stereocenters. The second-order valence-electron chi connectivity index (χ2n) is 5.23. The summed E-state index contributed by atoms with van der Waals surface area (Å²) in [5.74, 6) is -58.5. The van der Waals surface area contributed by atoms with Gasteiger partial charge in [-0.2, -0.15) is 61.5 Å². The van der Waals surface area contributed by atoms with Crippen LogP contribution in [0.5, 0.6) is 0 Å². The van der Waals surface area contributed by atoms with E-state index in [2.05, 4.69) is 0 Å². The summed E-state index contributed by atoms with van der Waals surface area (Å²) in [5, 5.41) is 0. The molecule has 0 aromatic carbocycles. The molecule has 182 valence electrons. The fourth-order valence-electron chi connectivity index (χ4n) is 1.47. The van der Waals surface area contributed by atoms with Crippen LogP contribution in [0.15, 0.2) is 0 Å². The Bertz CT molecular complexity index is 748. The van der Waals surface area contributed by atoms with Crippen LogP contribution in [0.1, 0.15) is 0 Å². The maximum atomic E-state index is 13.1. The van der Waals surface area contributed by atoms with E-state index in [4.69, 9.17) is 0 Å². The van der Waals surface area contributed by atoms with E-state index in [1.165, 1.54) is 0 Å². The first-order valence-corrected chi connectivity index (χ1v) is 7.58. The molecule has 0 aliphatic rings. The zero-order valence-corrected chi connectivity index (χ0v) is 17.7. The quantitative estimate of drug-likeness (QED) is 0.248. The fraction of sp³-hybridized carbons (Fsp3) is 1.00. The molecule has 1 atom stereocenters. The summed E-state index contributed by atoms with van der Waals surface area (Å²) in [6.07, 6.45) is -6.02. The van der Waals surface area contributed by atoms with E-state index in [-0.39, 0.29) is 51.4 Å². The van der Waals surface area contributed by atoms with Gasteiger partial charge in [0.05, 0.1) is 0 Å². The molecule has 0 aromatic heterocycles. The largest absolute Gasteiger partial charge is 1.00 e. The molecule has 22 heteroatoms. The van der Waals surface area contributed by atoms with E-state index in [0.29, 0.717) is 0 Å². The molecule has 0 aliphatic heterocycles. The Hall–Kier alpha value is 0.356. The molecule has 0 radical (unpaired) electrons. The molecule has 3 nitrogen and oxygen atoms in total. The minimum Gasteiger partial charge on any atom is -0.746 e. The van der Waals surface area contributed by atoms with Gasteiger partial charge in [-0.05, 0) is 0 Å². The van der Waals surface area contributed by atoms with Crippen LogP contribution >= 0.6 is 0 Å². The molecule has 0 saturated heterocycles. The number of alkyl halides is 17. The van der Waals surface area contributed by atoms with E-state index in [1.54, 1.807) is 0 Å². The van der Waals surface area contributed by atoms with Crippen molar-refractivity contribution in [3.8, 4) is 0 Å². The van der Waals surface area contributed by atoms with E-state index >= 15 is 0 Å². The minimum absolute atomic E-state index is 0. The van der Waals surface area contributed by atoms with Crippen molar-refractivity contribution < 1.29 is 139 Å². The average Bonchev–Trinajstić information content (AvgIpc) is 2.51. The number of rotatable bonds is 9. The molecule has 0 aromatic rings. The number of halogens is 17. The van der Waals surface area contributed by atoms with Crippen molar-refractivity contribution in [2.75, 3.05) is 0 Å². The van der Waals surface area contributed by atoms with Gasteiger partial charge in [0.1, 0.15) is 10.1 Å². The van der Waals surface area contributed by atoms with Crippen LogP contribution in [0, 0.1) is 0 Å². The van der Waals surface area contributed by atoms with Gasteiger partial charge in [-0.3, -0.25) is 0 Å². The maximum Gasteiger partial charge on any atom is 1.00 e. The predicted octanol–water partition coefficient (Wildman–Crippen LogP) is 1.54. The molecular formula is C9H2F17KO3S. The van der Waals surface area contributed by atoms with Gasteiger partial charge >= 0.3 is 99.3 Å². The van der Waals surface area contributed by atoms with Crippen LogP contribution < -0.4 is 51.4 Å². The van der Waals surface area contributed by atoms with Crippen molar-refractivity contribution in [3.63, 3.8) is 0 Å². The van der Waals surface area contributed by atoms with E-state index in [1.807, 2.05) is 0 Å². The smallest absolute Gasteiger partial charge is 0.746 e. The first-order valence-electron chi connectivity index (χ1n) is 6.11. The van der Waals surface area contributed by atoms with Gasteiger partial charge in [-0.1, -0.05) is 0 Å². The summed E-state index contributed by atoms with van der Waals surface area (Å²) in [6, 6.07) is 0. The van der Waals surface area contributed by atoms with E-state index < -0.39 is 63.5 Å². The van der Waals surface area contributed by atoms with Crippen molar-refractivity contribution in [2.24, 2.45) is 0 Å². The number of hydrogen-bond acceptors (Lipinski definition) is 3. The van der Waals surface area contributed by atoms with Crippen LogP contribution in [-0.2, 0) is 10.1 Å². The Morgan fingerprint density at radius 1 is 0.516 bits per heavy atom. The Morgan fingerprint density at radius 3 is 0.968 bits per heavy atom. The van der Waals surface area contributed by atoms with E-state index in [0.717, 1.165) is 0 Å². The first-order chi connectivity index (χ1) is 12.6. The Labute approximate surface area is 201 Å². The van der Waals surface area contributed by atoms with E-state index in [9.17, 15) is 87.6 Å². The van der Waals surface area contributed by atoms with Crippen LogP contribution in [0.2, 0.25) is 0 Å². The van der Waals surface area contributed by atoms with Gasteiger partial charge in [0.2, 0.25) is 0 Å². The van der Waals surface area contributed by atoms with Crippen LogP contribution in [-0.4, -0.2) is 66.4 Å². The molecule has 0 saturated carbocycles. The average molecular weight is 552 g/mol. The Kier molecular flexibility index (Phi) is 9.58. The topological polar surface area (TPSA) is 57.2 Å². The third-order valence-electron chi connectivity index (χ3n) is 3.23. The third-order valence-corrected chi connectivity index (χ3v) is 4.03. The summed E-state index contributed by atoms with van der Waals surface area (Å²) in [6.45, 7) is 0. The molecule has 0 heterocycles. The maximum absolute atomic E-state index is 13.1. The SMILES string of the molecule is O=S(=O)([O-])C(F)C(F)(F)C(F)(F)C(F)(F)C(F)(F)C(F)(F)C(F)(F)C(F)(F)C(F)F.[K+]. The summed E-state index contributed by atoms with van der Waals surface area (Å²) < 4.78 is 247. The normalized spacial score (nSPS) is 16.9. The molecule has 0 rings (SSSR count). The van der Waals surface area contributed by atoms with Gasteiger partial charge in [0.15, 0.2) is 0 Å². The first kappa shape index (κ1) is 33.5. The molecule has 0 amide bonds. The minimum atomic E-state index is -8.80. The summed E-state index contributed by atoms with van der Waals surface area (Å²) >= 11 is 0. The van der Waals surface area contributed by atoms with Crippen molar-refractivity contribution in [1.29, 1.82) is 0 Å². The standard InChI is InChI=1S/C9H3F17O3S.K/c10-1(11)3(13,14)5(17,18)7(21,22)9(25,26)8(23,24)6(19,20)4(15,16)2(12)30(27,28)29;/h1-2H,(H,27,28,29);/q;+1/p-1. The van der Waals surface area contributed by atoms with Gasteiger partial charge < -0.3 is 4.55 Å². The second kappa shape index (κ2) is 8.85. The molecule has 0 N–H and O–H groups in total. The molecule has 0 fully saturated rings. The third kappa shape index (κ3) is 4.66. The van der Waals surface area contributed by atoms with Crippen molar-refractivity contribution in [2.45, 2.75) is 53.4 Å². The predicted molar refractivity (Wildman–Crippen MR) is 55.2 cm³/mol. The number of hydrogen-bond donors (Lipinski definition) is 0. The molecule has 0 spiro atoms. The zero-order valence-electron chi connectivity index (χ0n) is 13.7. The molecule has 0 bridgehead atoms. The van der Waals surface area contributed by atoms with Gasteiger partial charge in [0.25, 0.3) is 5.50 Å². The Morgan fingerprint density at radius 2 is 0.742 bits per heavy atom. The van der Waals surface area contributed by atoms with Crippen LogP contribution in [0.25, 0.3) is 0 Å². The van der Waals surface area contributed by atoms with Crippen molar-refractivity contribution in [1.82, 2.24) is 0 Å². The second-order valence-corrected chi connectivity index (χ2v) is 6.63. The summed E-state index contributed by atoms with van der Waals surface area (Å²) in [4.78, 5) is 0. The van der Waals surface area contributed by atoms with Crippen LogP contribution in [0.4, 0.5) is 74.6 Å². The monoisotopic (exact) mass is 552 g/mol.